The van der Waals surface area contributed by atoms with Crippen molar-refractivity contribution >= 4 is 73.3 Å². The average molecular weight is 801 g/mol. The number of halogens is 4. The topological polar surface area (TPSA) is 140 Å². The Kier molecular flexibility index (Phi) is 12.6. The molecule has 0 aromatic heterocycles. The van der Waals surface area contributed by atoms with Gasteiger partial charge in [-0.15, -0.1) is 0 Å². The third kappa shape index (κ3) is 9.07. The van der Waals surface area contributed by atoms with Crippen LogP contribution >= 0.6 is 55.1 Å². The predicted molar refractivity (Wildman–Crippen MR) is 182 cm³/mol. The van der Waals surface area contributed by atoms with Gasteiger partial charge in [0.05, 0.1) is 46.1 Å². The molecule has 0 bridgehead atoms. The van der Waals surface area contributed by atoms with E-state index < -0.39 is 24.3 Å². The second-order valence-electron chi connectivity index (χ2n) is 9.76. The summed E-state index contributed by atoms with van der Waals surface area (Å²) in [5.74, 6) is 0.638. The first-order valence-electron chi connectivity index (χ1n) is 13.8. The van der Waals surface area contributed by atoms with Gasteiger partial charge >= 0.3 is 12.0 Å². The van der Waals surface area contributed by atoms with Gasteiger partial charge in [0.15, 0.2) is 17.7 Å². The summed E-state index contributed by atoms with van der Waals surface area (Å²) >= 11 is 19.1. The minimum absolute atomic E-state index is 0.184. The first kappa shape index (κ1) is 35.4. The van der Waals surface area contributed by atoms with Crippen LogP contribution in [0.3, 0.4) is 0 Å². The maximum Gasteiger partial charge on any atom is 0.337 e. The zero-order valence-electron chi connectivity index (χ0n) is 24.8. The number of carbonyl (C=O) groups is 2. The molecule has 2 amide bonds. The van der Waals surface area contributed by atoms with Crippen molar-refractivity contribution in [1.82, 2.24) is 16.1 Å². The molecule has 4 N–H and O–H groups in total. The van der Waals surface area contributed by atoms with Crippen molar-refractivity contribution in [2.24, 2.45) is 5.10 Å². The van der Waals surface area contributed by atoms with Gasteiger partial charge < -0.3 is 34.7 Å². The van der Waals surface area contributed by atoms with E-state index in [0.29, 0.717) is 55.2 Å². The highest BCUT2D eigenvalue weighted by Gasteiger charge is 2.32. The molecule has 2 atom stereocenters. The summed E-state index contributed by atoms with van der Waals surface area (Å²) in [6.07, 6.45) is 0.312. The third-order valence-electron chi connectivity index (χ3n) is 6.50. The minimum atomic E-state index is -1.19. The second-order valence-corrected chi connectivity index (χ2v) is 12.3. The lowest BCUT2D eigenvalue weighted by Crippen LogP contribution is -2.45. The van der Waals surface area contributed by atoms with Gasteiger partial charge in [0.1, 0.15) is 19.0 Å². The average Bonchev–Trinajstić information content (AvgIpc) is 3.01. The number of hydrazone groups is 1. The van der Waals surface area contributed by atoms with Crippen LogP contribution in [0.15, 0.2) is 73.8 Å². The van der Waals surface area contributed by atoms with Crippen molar-refractivity contribution in [3.8, 4) is 17.2 Å². The molecule has 0 aliphatic carbocycles. The number of methoxy groups -OCH3 is 1. The number of hydrogen-bond acceptors (Lipinski definition) is 9. The van der Waals surface area contributed by atoms with Gasteiger partial charge in [0.25, 0.3) is 0 Å². The first-order valence-corrected chi connectivity index (χ1v) is 16.1. The zero-order valence-corrected chi connectivity index (χ0v) is 29.5. The van der Waals surface area contributed by atoms with Gasteiger partial charge in [-0.2, -0.15) is 5.10 Å². The normalized spacial score (nSPS) is 15.2. The number of aliphatic hydroxyl groups is 1. The molecular weight excluding hydrogens is 771 g/mol. The Balaban J connectivity index is 1.43. The number of nitrogens with one attached hydrogen (secondary N) is 3. The quantitative estimate of drug-likeness (QED) is 0.0656. The van der Waals surface area contributed by atoms with Crippen LogP contribution in [0, 0.1) is 0 Å². The van der Waals surface area contributed by atoms with E-state index in [-0.39, 0.29) is 18.8 Å². The molecule has 11 nitrogen and oxygen atoms in total. The van der Waals surface area contributed by atoms with Crippen LogP contribution < -0.4 is 30.3 Å². The largest absolute Gasteiger partial charge is 0.490 e. The van der Waals surface area contributed by atoms with Crippen LogP contribution in [-0.2, 0) is 16.1 Å². The van der Waals surface area contributed by atoms with Crippen molar-refractivity contribution < 1.29 is 33.6 Å². The fourth-order valence-corrected chi connectivity index (χ4v) is 6.12. The highest BCUT2D eigenvalue weighted by molar-refractivity contribution is 9.11. The summed E-state index contributed by atoms with van der Waals surface area (Å²) in [4.78, 5) is 24.7. The number of urea groups is 1. The van der Waals surface area contributed by atoms with Gasteiger partial charge in [-0.1, -0.05) is 51.3 Å². The van der Waals surface area contributed by atoms with Crippen molar-refractivity contribution in [3.05, 3.63) is 95.5 Å². The molecule has 0 spiro atoms. The van der Waals surface area contributed by atoms with Crippen LogP contribution in [0.1, 0.15) is 36.6 Å². The summed E-state index contributed by atoms with van der Waals surface area (Å²) < 4.78 is 24.0. The Morgan fingerprint density at radius 3 is 2.59 bits per heavy atom. The molecule has 1 aliphatic heterocycles. The van der Waals surface area contributed by atoms with Gasteiger partial charge in [-0.05, 0) is 77.3 Å². The number of aliphatic hydroxyl groups excluding tert-OH is 1. The molecule has 1 aliphatic rings. The van der Waals surface area contributed by atoms with Gasteiger partial charge in [-0.3, -0.25) is 5.43 Å². The summed E-state index contributed by atoms with van der Waals surface area (Å²) in [6.45, 7) is 3.79. The van der Waals surface area contributed by atoms with E-state index in [0.717, 1.165) is 10.0 Å². The van der Waals surface area contributed by atoms with Crippen LogP contribution in [0.25, 0.3) is 0 Å². The predicted octanol–water partition coefficient (Wildman–Crippen LogP) is 6.62. The molecule has 15 heteroatoms. The summed E-state index contributed by atoms with van der Waals surface area (Å²) in [5.41, 5.74) is 5.30. The molecule has 0 radical (unpaired) electrons. The SMILES string of the molecule is CCOc1cc([C@H]2NC(=O)NC(C)=C2C(=O)OC)ccc1OC[C@@H](O)N/N=C/c1cc(Br)cc(Br)c1OCc1ccc(Cl)c(Cl)c1. The Labute approximate surface area is 292 Å². The lowest BCUT2D eigenvalue weighted by molar-refractivity contribution is -0.136. The Morgan fingerprint density at radius 2 is 1.87 bits per heavy atom. The van der Waals surface area contributed by atoms with E-state index in [9.17, 15) is 14.7 Å². The molecule has 1 heterocycles. The van der Waals surface area contributed by atoms with Crippen molar-refractivity contribution in [1.29, 1.82) is 0 Å². The number of nitrogens with zero attached hydrogens (tertiary/aromatic N) is 1. The number of benzene rings is 3. The van der Waals surface area contributed by atoms with E-state index in [2.05, 4.69) is 53.0 Å². The molecule has 0 unspecified atom stereocenters. The number of allylic oxidation sites excluding steroid dienone is 1. The Bertz CT molecular complexity index is 1670. The van der Waals surface area contributed by atoms with E-state index in [4.69, 9.17) is 42.1 Å². The maximum absolute atomic E-state index is 12.5. The molecule has 0 saturated heterocycles. The van der Waals surface area contributed by atoms with Crippen molar-refractivity contribution in [2.45, 2.75) is 32.7 Å². The van der Waals surface area contributed by atoms with Gasteiger partial charge in [0.2, 0.25) is 0 Å². The van der Waals surface area contributed by atoms with E-state index in [1.165, 1.54) is 13.3 Å². The fraction of sp³-hybridized carbons (Fsp3) is 0.258. The minimum Gasteiger partial charge on any atom is -0.490 e. The van der Waals surface area contributed by atoms with Crippen molar-refractivity contribution in [2.75, 3.05) is 20.3 Å². The van der Waals surface area contributed by atoms with Crippen LogP contribution in [-0.4, -0.2) is 49.9 Å². The number of carbonyl (C=O) groups excluding carboxylic acids is 2. The highest BCUT2D eigenvalue weighted by Crippen LogP contribution is 2.35. The molecule has 0 saturated carbocycles. The van der Waals surface area contributed by atoms with Crippen molar-refractivity contribution in [3.63, 3.8) is 0 Å². The number of hydrogen-bond donors (Lipinski definition) is 4. The zero-order chi connectivity index (χ0) is 33.4. The number of amides is 2. The van der Waals surface area contributed by atoms with Gasteiger partial charge in [0, 0.05) is 15.7 Å². The van der Waals surface area contributed by atoms with E-state index in [1.54, 1.807) is 44.2 Å². The van der Waals surface area contributed by atoms with Gasteiger partial charge in [-0.25, -0.2) is 9.59 Å². The Hall–Kier alpha value is -3.49. The van der Waals surface area contributed by atoms with E-state index in [1.807, 2.05) is 18.2 Å². The van der Waals surface area contributed by atoms with Crippen LogP contribution in [0.2, 0.25) is 10.0 Å². The lowest BCUT2D eigenvalue weighted by atomic mass is 9.95. The summed E-state index contributed by atoms with van der Waals surface area (Å²) in [6, 6.07) is 12.7. The van der Waals surface area contributed by atoms with Crippen LogP contribution in [0.4, 0.5) is 4.79 Å². The number of esters is 1. The molecule has 46 heavy (non-hydrogen) atoms. The lowest BCUT2D eigenvalue weighted by Gasteiger charge is -2.28. The second kappa shape index (κ2) is 16.4. The third-order valence-corrected chi connectivity index (χ3v) is 8.29. The highest BCUT2D eigenvalue weighted by atomic mass is 79.9. The standard InChI is InChI=1S/C31H30Br2Cl2N4O7/c1-4-44-25-11-18(28-27(30(41)43-3)16(2)37-31(42)38-28)6-8-24(25)45-15-26(40)39-36-13-19-10-20(32)12-21(33)29(19)46-14-17-5-7-22(34)23(35)9-17/h5-13,26,28,39-40H,4,14-15H2,1-3H3,(H2,37,38,42)/b36-13+/t26-,28-/m1/s1. The fourth-order valence-electron chi connectivity index (χ4n) is 4.43. The van der Waals surface area contributed by atoms with Crippen LogP contribution in [0.5, 0.6) is 17.2 Å². The maximum atomic E-state index is 12.5. The molecule has 4 rings (SSSR count). The molecule has 3 aromatic rings. The number of rotatable bonds is 13. The molecular formula is C31H30Br2Cl2N4O7. The summed E-state index contributed by atoms with van der Waals surface area (Å²) in [7, 11) is 1.27. The van der Waals surface area contributed by atoms with E-state index >= 15 is 0 Å². The first-order chi connectivity index (χ1) is 22.0. The molecule has 244 valence electrons. The number of ether oxygens (including phenoxy) is 4. The summed E-state index contributed by atoms with van der Waals surface area (Å²) in [5, 5.41) is 20.9. The molecule has 0 fully saturated rings. The smallest absolute Gasteiger partial charge is 0.337 e. The molecule has 3 aromatic carbocycles. The Morgan fingerprint density at radius 1 is 1.09 bits per heavy atom. The monoisotopic (exact) mass is 798 g/mol.